The Morgan fingerprint density at radius 3 is 2.73 bits per heavy atom. The molecule has 1 amide bonds. The number of imidazole rings is 1. The highest BCUT2D eigenvalue weighted by Crippen LogP contribution is 2.24. The van der Waals surface area contributed by atoms with Gasteiger partial charge in [-0.2, -0.15) is 0 Å². The van der Waals surface area contributed by atoms with Crippen molar-refractivity contribution >= 4 is 27.9 Å². The van der Waals surface area contributed by atoms with Crippen LogP contribution in [-0.2, 0) is 18.3 Å². The molecular formula is C22H18N6OS. The highest BCUT2D eigenvalue weighted by atomic mass is 32.1. The number of aromatic nitrogens is 5. The van der Waals surface area contributed by atoms with Gasteiger partial charge in [-0.1, -0.05) is 42.5 Å². The Morgan fingerprint density at radius 1 is 1.10 bits per heavy atom. The molecule has 30 heavy (non-hydrogen) atoms. The maximum absolute atomic E-state index is 12.7. The van der Waals surface area contributed by atoms with Crippen molar-refractivity contribution in [1.29, 1.82) is 0 Å². The second-order valence-electron chi connectivity index (χ2n) is 6.94. The Labute approximate surface area is 176 Å². The lowest BCUT2D eigenvalue weighted by Crippen LogP contribution is -2.15. The average Bonchev–Trinajstić information content (AvgIpc) is 3.46. The van der Waals surface area contributed by atoms with Crippen LogP contribution in [0.3, 0.4) is 0 Å². The fraction of sp³-hybridized carbons (Fsp3) is 0.0909. The molecule has 3 aromatic heterocycles. The van der Waals surface area contributed by atoms with E-state index in [1.54, 1.807) is 6.33 Å². The summed E-state index contributed by atoms with van der Waals surface area (Å²) < 4.78 is 3.83. The number of anilines is 1. The first-order valence-electron chi connectivity index (χ1n) is 9.42. The first-order chi connectivity index (χ1) is 14.7. The zero-order valence-corrected chi connectivity index (χ0v) is 17.0. The van der Waals surface area contributed by atoms with Crippen LogP contribution >= 0.6 is 11.3 Å². The number of amides is 1. The number of hydrogen-bond acceptors (Lipinski definition) is 5. The van der Waals surface area contributed by atoms with E-state index in [0.29, 0.717) is 0 Å². The molecule has 0 bridgehead atoms. The molecule has 0 saturated carbocycles. The molecule has 0 radical (unpaired) electrons. The van der Waals surface area contributed by atoms with E-state index in [-0.39, 0.29) is 12.3 Å². The van der Waals surface area contributed by atoms with Gasteiger partial charge in [-0.3, -0.25) is 9.20 Å². The summed E-state index contributed by atoms with van der Waals surface area (Å²) in [5.74, 6) is 0.664. The molecule has 7 nitrogen and oxygen atoms in total. The number of aryl methyl sites for hydroxylation is 1. The highest BCUT2D eigenvalue weighted by molar-refractivity contribution is 7.15. The fourth-order valence-electron chi connectivity index (χ4n) is 3.35. The van der Waals surface area contributed by atoms with E-state index in [0.717, 1.165) is 39.0 Å². The van der Waals surface area contributed by atoms with Gasteiger partial charge in [0.2, 0.25) is 5.91 Å². The molecule has 0 saturated heterocycles. The Balaban J connectivity index is 1.34. The van der Waals surface area contributed by atoms with E-state index in [2.05, 4.69) is 20.5 Å². The number of carbonyl (C=O) groups is 1. The van der Waals surface area contributed by atoms with Crippen LogP contribution in [0.5, 0.6) is 0 Å². The summed E-state index contributed by atoms with van der Waals surface area (Å²) in [4.78, 5) is 18.2. The lowest BCUT2D eigenvalue weighted by molar-refractivity contribution is -0.115. The second-order valence-corrected chi connectivity index (χ2v) is 7.78. The van der Waals surface area contributed by atoms with Gasteiger partial charge in [0.25, 0.3) is 0 Å². The number of hydrogen-bond donors (Lipinski definition) is 1. The third kappa shape index (κ3) is 3.48. The zero-order chi connectivity index (χ0) is 20.5. The quantitative estimate of drug-likeness (QED) is 0.471. The Morgan fingerprint density at radius 2 is 1.93 bits per heavy atom. The molecule has 3 heterocycles. The van der Waals surface area contributed by atoms with E-state index in [9.17, 15) is 4.79 Å². The zero-order valence-electron chi connectivity index (χ0n) is 16.2. The molecule has 0 spiro atoms. The number of thiazole rings is 1. The molecule has 8 heteroatoms. The lowest BCUT2D eigenvalue weighted by atomic mass is 10.2. The number of benzene rings is 2. The molecule has 0 unspecified atom stereocenters. The standard InChI is InChI=1S/C22H18N6OS/c1-27-14-23-26-21(27)16-8-5-9-17(10-16)24-20(29)11-18-13-30-22-25-19(12-28(18)22)15-6-3-2-4-7-15/h2-10,12-14H,11H2,1H3,(H,24,29). The molecule has 148 valence electrons. The van der Waals surface area contributed by atoms with Gasteiger partial charge in [0.1, 0.15) is 6.33 Å². The lowest BCUT2D eigenvalue weighted by Gasteiger charge is -2.07. The minimum Gasteiger partial charge on any atom is -0.326 e. The van der Waals surface area contributed by atoms with Gasteiger partial charge in [0.05, 0.1) is 12.1 Å². The van der Waals surface area contributed by atoms with Crippen LogP contribution in [0.25, 0.3) is 27.6 Å². The van der Waals surface area contributed by atoms with E-state index in [4.69, 9.17) is 0 Å². The van der Waals surface area contributed by atoms with E-state index < -0.39 is 0 Å². The van der Waals surface area contributed by atoms with E-state index in [1.165, 1.54) is 11.3 Å². The van der Waals surface area contributed by atoms with Gasteiger partial charge in [0, 0.05) is 41.1 Å². The molecule has 0 aliphatic heterocycles. The van der Waals surface area contributed by atoms with Crippen LogP contribution < -0.4 is 5.32 Å². The van der Waals surface area contributed by atoms with Crippen LogP contribution in [0.2, 0.25) is 0 Å². The van der Waals surface area contributed by atoms with Crippen LogP contribution in [0.15, 0.2) is 72.5 Å². The van der Waals surface area contributed by atoms with Gasteiger partial charge in [-0.25, -0.2) is 4.98 Å². The summed E-state index contributed by atoms with van der Waals surface area (Å²) >= 11 is 1.53. The average molecular weight is 414 g/mol. The third-order valence-electron chi connectivity index (χ3n) is 4.81. The monoisotopic (exact) mass is 414 g/mol. The van der Waals surface area contributed by atoms with Gasteiger partial charge in [-0.15, -0.1) is 21.5 Å². The SMILES string of the molecule is Cn1cnnc1-c1cccc(NC(=O)Cc2csc3nc(-c4ccccc4)cn23)c1. The van der Waals surface area contributed by atoms with Crippen molar-refractivity contribution in [3.63, 3.8) is 0 Å². The molecule has 0 aliphatic carbocycles. The Kier molecular flexibility index (Phi) is 4.61. The van der Waals surface area contributed by atoms with Crippen molar-refractivity contribution in [3.8, 4) is 22.6 Å². The van der Waals surface area contributed by atoms with Gasteiger partial charge < -0.3 is 9.88 Å². The summed E-state index contributed by atoms with van der Waals surface area (Å²) in [6, 6.07) is 17.6. The second kappa shape index (κ2) is 7.57. The predicted molar refractivity (Wildman–Crippen MR) is 117 cm³/mol. The molecule has 0 atom stereocenters. The molecule has 5 rings (SSSR count). The Hall–Kier alpha value is -3.78. The number of nitrogens with one attached hydrogen (secondary N) is 1. The van der Waals surface area contributed by atoms with Crippen molar-refractivity contribution in [2.24, 2.45) is 7.05 Å². The number of carbonyl (C=O) groups excluding carboxylic acids is 1. The summed E-state index contributed by atoms with van der Waals surface area (Å²) in [6.07, 6.45) is 3.90. The molecule has 0 aliphatic rings. The van der Waals surface area contributed by atoms with Crippen molar-refractivity contribution in [2.45, 2.75) is 6.42 Å². The van der Waals surface area contributed by atoms with Crippen LogP contribution in [0.4, 0.5) is 5.69 Å². The predicted octanol–water partition coefficient (Wildman–Crippen LogP) is 4.04. The Bertz CT molecular complexity index is 1330. The van der Waals surface area contributed by atoms with Crippen LogP contribution in [0.1, 0.15) is 5.69 Å². The van der Waals surface area contributed by atoms with Crippen molar-refractivity contribution in [3.05, 3.63) is 78.2 Å². The summed E-state index contributed by atoms with van der Waals surface area (Å²) in [6.45, 7) is 0. The first kappa shape index (κ1) is 18.3. The number of rotatable bonds is 5. The van der Waals surface area contributed by atoms with Crippen molar-refractivity contribution < 1.29 is 4.79 Å². The van der Waals surface area contributed by atoms with Crippen molar-refractivity contribution in [1.82, 2.24) is 24.1 Å². The van der Waals surface area contributed by atoms with Crippen LogP contribution in [0, 0.1) is 0 Å². The minimum atomic E-state index is -0.0835. The van der Waals surface area contributed by atoms with Gasteiger partial charge in [-0.05, 0) is 12.1 Å². The smallest absolute Gasteiger partial charge is 0.230 e. The summed E-state index contributed by atoms with van der Waals surface area (Å²) in [5, 5.41) is 13.0. The topological polar surface area (TPSA) is 77.1 Å². The summed E-state index contributed by atoms with van der Waals surface area (Å²) in [7, 11) is 1.89. The minimum absolute atomic E-state index is 0.0835. The maximum Gasteiger partial charge on any atom is 0.230 e. The molecular weight excluding hydrogens is 396 g/mol. The van der Waals surface area contributed by atoms with E-state index >= 15 is 0 Å². The fourth-order valence-corrected chi connectivity index (χ4v) is 4.23. The van der Waals surface area contributed by atoms with Crippen LogP contribution in [-0.4, -0.2) is 30.1 Å². The largest absolute Gasteiger partial charge is 0.326 e. The first-order valence-corrected chi connectivity index (χ1v) is 10.3. The third-order valence-corrected chi connectivity index (χ3v) is 5.70. The normalized spacial score (nSPS) is 11.1. The number of nitrogens with zero attached hydrogens (tertiary/aromatic N) is 5. The van der Waals surface area contributed by atoms with Gasteiger partial charge >= 0.3 is 0 Å². The molecule has 0 fully saturated rings. The molecule has 2 aromatic carbocycles. The van der Waals surface area contributed by atoms with E-state index in [1.807, 2.05) is 82.2 Å². The highest BCUT2D eigenvalue weighted by Gasteiger charge is 2.13. The molecule has 5 aromatic rings. The summed E-state index contributed by atoms with van der Waals surface area (Å²) in [5.41, 5.74) is 4.49. The van der Waals surface area contributed by atoms with Gasteiger partial charge in [0.15, 0.2) is 10.8 Å². The van der Waals surface area contributed by atoms with Crippen molar-refractivity contribution in [2.75, 3.05) is 5.32 Å². The maximum atomic E-state index is 12.7. The number of fused-ring (bicyclic) bond motifs is 1. The molecule has 1 N–H and O–H groups in total.